The molecule has 2 aromatic rings. The largest absolute Gasteiger partial charge is 0.309 e. The van der Waals surface area contributed by atoms with E-state index >= 15 is 0 Å². The average molecular weight is 364 g/mol. The van der Waals surface area contributed by atoms with Gasteiger partial charge in [0.2, 0.25) is 0 Å². The molecule has 0 fully saturated rings. The summed E-state index contributed by atoms with van der Waals surface area (Å²) < 4.78 is 1.14. The van der Waals surface area contributed by atoms with Crippen LogP contribution < -0.4 is 5.32 Å². The molecule has 112 valence electrons. The maximum atomic E-state index is 3.69. The summed E-state index contributed by atoms with van der Waals surface area (Å²) in [6.07, 6.45) is 1.15. The van der Waals surface area contributed by atoms with Crippen LogP contribution in [-0.2, 0) is 0 Å². The monoisotopic (exact) mass is 363 g/mol. The molecule has 21 heavy (non-hydrogen) atoms. The Kier molecular flexibility index (Phi) is 6.81. The summed E-state index contributed by atoms with van der Waals surface area (Å²) in [5.74, 6) is 0. The van der Waals surface area contributed by atoms with E-state index in [4.69, 9.17) is 0 Å². The van der Waals surface area contributed by atoms with E-state index in [-0.39, 0.29) is 0 Å². The van der Waals surface area contributed by atoms with Crippen LogP contribution in [-0.4, -0.2) is 11.8 Å². The van der Waals surface area contributed by atoms with E-state index in [1.165, 1.54) is 10.5 Å². The SMILES string of the molecule is CCCNC(c1ccccc1)C(C)Sc1cccc(Br)c1. The van der Waals surface area contributed by atoms with E-state index in [1.807, 2.05) is 11.8 Å². The first-order valence-corrected chi connectivity index (χ1v) is 9.08. The van der Waals surface area contributed by atoms with Crippen molar-refractivity contribution in [2.45, 2.75) is 36.5 Å². The zero-order valence-corrected chi connectivity index (χ0v) is 15.0. The van der Waals surface area contributed by atoms with Crippen LogP contribution in [0, 0.1) is 0 Å². The van der Waals surface area contributed by atoms with Crippen molar-refractivity contribution >= 4 is 27.7 Å². The van der Waals surface area contributed by atoms with Gasteiger partial charge in [0.15, 0.2) is 0 Å². The van der Waals surface area contributed by atoms with Crippen molar-refractivity contribution in [1.29, 1.82) is 0 Å². The highest BCUT2D eigenvalue weighted by Gasteiger charge is 2.19. The predicted octanol–water partition coefficient (Wildman–Crippen LogP) is 5.67. The molecular weight excluding hydrogens is 342 g/mol. The molecule has 0 heterocycles. The highest BCUT2D eigenvalue weighted by atomic mass is 79.9. The van der Waals surface area contributed by atoms with Crippen LogP contribution in [0.25, 0.3) is 0 Å². The van der Waals surface area contributed by atoms with Gasteiger partial charge in [0.25, 0.3) is 0 Å². The van der Waals surface area contributed by atoms with Crippen molar-refractivity contribution in [2.75, 3.05) is 6.54 Å². The summed E-state index contributed by atoms with van der Waals surface area (Å²) in [7, 11) is 0. The van der Waals surface area contributed by atoms with Gasteiger partial charge in [0.1, 0.15) is 0 Å². The first kappa shape index (κ1) is 16.6. The Bertz CT molecular complexity index is 544. The van der Waals surface area contributed by atoms with Gasteiger partial charge in [-0.3, -0.25) is 0 Å². The number of benzene rings is 2. The molecule has 3 heteroatoms. The number of hydrogen-bond acceptors (Lipinski definition) is 2. The van der Waals surface area contributed by atoms with Crippen LogP contribution in [0.1, 0.15) is 31.9 Å². The lowest BCUT2D eigenvalue weighted by Crippen LogP contribution is -2.29. The van der Waals surface area contributed by atoms with Gasteiger partial charge in [-0.05, 0) is 36.7 Å². The minimum Gasteiger partial charge on any atom is -0.309 e. The molecular formula is C18H22BrNS. The fourth-order valence-corrected chi connectivity index (χ4v) is 4.06. The summed E-state index contributed by atoms with van der Waals surface area (Å²) in [5, 5.41) is 4.15. The normalized spacial score (nSPS) is 13.9. The van der Waals surface area contributed by atoms with Gasteiger partial charge in [-0.25, -0.2) is 0 Å². The lowest BCUT2D eigenvalue weighted by atomic mass is 10.0. The number of thioether (sulfide) groups is 1. The first-order chi connectivity index (χ1) is 10.2. The Labute approximate surface area is 140 Å². The van der Waals surface area contributed by atoms with Crippen molar-refractivity contribution in [3.8, 4) is 0 Å². The zero-order chi connectivity index (χ0) is 15.1. The minimum atomic E-state index is 0.370. The molecule has 0 bridgehead atoms. The third-order valence-corrected chi connectivity index (χ3v) is 5.02. The Morgan fingerprint density at radius 1 is 1.10 bits per heavy atom. The van der Waals surface area contributed by atoms with Crippen LogP contribution in [0.15, 0.2) is 64.0 Å². The lowest BCUT2D eigenvalue weighted by molar-refractivity contribution is 0.528. The molecule has 0 aliphatic heterocycles. The average Bonchev–Trinajstić information content (AvgIpc) is 2.49. The summed E-state index contributed by atoms with van der Waals surface area (Å²) in [5.41, 5.74) is 1.36. The van der Waals surface area contributed by atoms with Crippen molar-refractivity contribution in [3.05, 3.63) is 64.6 Å². The summed E-state index contributed by atoms with van der Waals surface area (Å²) in [6.45, 7) is 5.55. The van der Waals surface area contributed by atoms with Crippen LogP contribution in [0.5, 0.6) is 0 Å². The molecule has 0 aromatic heterocycles. The second-order valence-corrected chi connectivity index (χ2v) is 7.49. The molecule has 2 rings (SSSR count). The zero-order valence-electron chi connectivity index (χ0n) is 12.6. The summed E-state index contributed by atoms with van der Waals surface area (Å²) in [6, 6.07) is 19.6. The smallest absolute Gasteiger partial charge is 0.0441 e. The molecule has 0 aliphatic rings. The third kappa shape index (κ3) is 5.17. The van der Waals surface area contributed by atoms with Crippen LogP contribution >= 0.6 is 27.7 Å². The number of hydrogen-bond donors (Lipinski definition) is 1. The van der Waals surface area contributed by atoms with E-state index in [0.29, 0.717) is 11.3 Å². The Balaban J connectivity index is 2.12. The molecule has 2 aromatic carbocycles. The van der Waals surface area contributed by atoms with E-state index in [1.54, 1.807) is 0 Å². The predicted molar refractivity (Wildman–Crippen MR) is 96.9 cm³/mol. The third-order valence-electron chi connectivity index (χ3n) is 3.36. The van der Waals surface area contributed by atoms with E-state index < -0.39 is 0 Å². The fourth-order valence-electron chi connectivity index (χ4n) is 2.34. The van der Waals surface area contributed by atoms with E-state index in [0.717, 1.165) is 17.4 Å². The quantitative estimate of drug-likeness (QED) is 0.635. The van der Waals surface area contributed by atoms with Gasteiger partial charge in [-0.15, -0.1) is 11.8 Å². The Morgan fingerprint density at radius 3 is 2.52 bits per heavy atom. The molecule has 1 N–H and O–H groups in total. The van der Waals surface area contributed by atoms with E-state index in [9.17, 15) is 0 Å². The van der Waals surface area contributed by atoms with Gasteiger partial charge in [0, 0.05) is 20.7 Å². The maximum absolute atomic E-state index is 3.69. The Morgan fingerprint density at radius 2 is 1.86 bits per heavy atom. The van der Waals surface area contributed by atoms with Gasteiger partial charge in [-0.1, -0.05) is 66.2 Å². The molecule has 0 saturated carbocycles. The number of rotatable bonds is 7. The molecule has 1 nitrogen and oxygen atoms in total. The fraction of sp³-hybridized carbons (Fsp3) is 0.333. The molecule has 0 saturated heterocycles. The van der Waals surface area contributed by atoms with Crippen molar-refractivity contribution < 1.29 is 0 Å². The van der Waals surface area contributed by atoms with Gasteiger partial charge >= 0.3 is 0 Å². The van der Waals surface area contributed by atoms with E-state index in [2.05, 4.69) is 89.7 Å². The van der Waals surface area contributed by atoms with Gasteiger partial charge in [-0.2, -0.15) is 0 Å². The van der Waals surface area contributed by atoms with Crippen LogP contribution in [0.2, 0.25) is 0 Å². The summed E-state index contributed by atoms with van der Waals surface area (Å²) in [4.78, 5) is 1.30. The summed E-state index contributed by atoms with van der Waals surface area (Å²) >= 11 is 5.47. The van der Waals surface area contributed by atoms with Crippen molar-refractivity contribution in [3.63, 3.8) is 0 Å². The molecule has 0 spiro atoms. The second kappa shape index (κ2) is 8.62. The van der Waals surface area contributed by atoms with Crippen molar-refractivity contribution in [1.82, 2.24) is 5.32 Å². The lowest BCUT2D eigenvalue weighted by Gasteiger charge is -2.25. The molecule has 2 atom stereocenters. The highest BCUT2D eigenvalue weighted by Crippen LogP contribution is 2.33. The second-order valence-electron chi connectivity index (χ2n) is 5.12. The van der Waals surface area contributed by atoms with Gasteiger partial charge < -0.3 is 5.32 Å². The molecule has 0 amide bonds. The molecule has 2 unspecified atom stereocenters. The first-order valence-electron chi connectivity index (χ1n) is 7.41. The highest BCUT2D eigenvalue weighted by molar-refractivity contribution is 9.10. The standard InChI is InChI=1S/C18H22BrNS/c1-3-12-20-18(15-8-5-4-6-9-15)14(2)21-17-11-7-10-16(19)13-17/h4-11,13-14,18,20H,3,12H2,1-2H3. The number of nitrogens with one attached hydrogen (secondary N) is 1. The van der Waals surface area contributed by atoms with Crippen LogP contribution in [0.3, 0.4) is 0 Å². The Hall–Kier alpha value is -0.770. The molecule has 0 aliphatic carbocycles. The topological polar surface area (TPSA) is 12.0 Å². The van der Waals surface area contributed by atoms with Crippen molar-refractivity contribution in [2.24, 2.45) is 0 Å². The minimum absolute atomic E-state index is 0.370. The maximum Gasteiger partial charge on any atom is 0.0441 e. The number of halogens is 1. The van der Waals surface area contributed by atoms with Crippen LogP contribution in [0.4, 0.5) is 0 Å². The van der Waals surface area contributed by atoms with Gasteiger partial charge in [0.05, 0.1) is 0 Å². The molecule has 0 radical (unpaired) electrons.